The van der Waals surface area contributed by atoms with E-state index in [0.29, 0.717) is 25.5 Å². The molecule has 7 nitrogen and oxygen atoms in total. The summed E-state index contributed by atoms with van der Waals surface area (Å²) < 4.78 is 7.44. The molecule has 3 aromatic rings. The second-order valence-corrected chi connectivity index (χ2v) is 7.37. The van der Waals surface area contributed by atoms with Crippen LogP contribution in [0.4, 0.5) is 5.82 Å². The molecule has 156 valence electrons. The number of carbonyl (C=O) groups excluding carboxylic acids is 1. The number of pyridine rings is 1. The zero-order valence-electron chi connectivity index (χ0n) is 17.4. The molecule has 0 spiro atoms. The molecule has 29 heavy (non-hydrogen) atoms. The number of esters is 1. The van der Waals surface area contributed by atoms with E-state index in [0.717, 1.165) is 65.4 Å². The smallest absolute Gasteiger partial charge is 0.310 e. The Balaban J connectivity index is 2.00. The fraction of sp³-hybridized carbons (Fsp3) is 0.500. The van der Waals surface area contributed by atoms with E-state index in [4.69, 9.17) is 21.2 Å². The number of ether oxygens (including phenoxy) is 1. The van der Waals surface area contributed by atoms with Gasteiger partial charge in [-0.1, -0.05) is 38.8 Å². The van der Waals surface area contributed by atoms with Gasteiger partial charge in [0.25, 0.3) is 0 Å². The summed E-state index contributed by atoms with van der Waals surface area (Å²) in [5, 5.41) is 0.973. The first kappa shape index (κ1) is 21.0. The van der Waals surface area contributed by atoms with E-state index in [-0.39, 0.29) is 12.4 Å². The summed E-state index contributed by atoms with van der Waals surface area (Å²) in [6, 6.07) is 5.86. The molecule has 0 aliphatic heterocycles. The highest BCUT2D eigenvalue weighted by Gasteiger charge is 2.17. The lowest BCUT2D eigenvalue weighted by Gasteiger charge is -2.10. The minimum atomic E-state index is -0.220. The Hall–Kier alpha value is -2.67. The molecule has 0 aliphatic carbocycles. The van der Waals surface area contributed by atoms with Gasteiger partial charge in [-0.15, -0.1) is 0 Å². The van der Waals surface area contributed by atoms with Gasteiger partial charge < -0.3 is 20.8 Å². The van der Waals surface area contributed by atoms with Crippen LogP contribution < -0.4 is 11.5 Å². The molecule has 7 heteroatoms. The summed E-state index contributed by atoms with van der Waals surface area (Å²) in [4.78, 5) is 21.4. The molecule has 0 atom stereocenters. The minimum Gasteiger partial charge on any atom is -0.465 e. The van der Waals surface area contributed by atoms with Crippen LogP contribution in [0.2, 0.25) is 0 Å². The molecule has 2 aromatic heterocycles. The molecule has 0 aliphatic rings. The maximum Gasteiger partial charge on any atom is 0.310 e. The number of nitrogen functional groups attached to an aromatic ring is 1. The van der Waals surface area contributed by atoms with Gasteiger partial charge in [-0.25, -0.2) is 9.97 Å². The van der Waals surface area contributed by atoms with E-state index in [1.807, 2.05) is 18.2 Å². The van der Waals surface area contributed by atoms with Crippen molar-refractivity contribution in [2.75, 3.05) is 18.9 Å². The van der Waals surface area contributed by atoms with Gasteiger partial charge in [-0.2, -0.15) is 0 Å². The summed E-state index contributed by atoms with van der Waals surface area (Å²) in [7, 11) is 0. The maximum atomic E-state index is 12.1. The molecule has 1 aromatic carbocycles. The van der Waals surface area contributed by atoms with E-state index in [1.165, 1.54) is 0 Å². The van der Waals surface area contributed by atoms with Crippen LogP contribution in [0, 0.1) is 0 Å². The van der Waals surface area contributed by atoms with Crippen molar-refractivity contribution in [1.82, 2.24) is 14.5 Å². The fourth-order valence-electron chi connectivity index (χ4n) is 3.56. The van der Waals surface area contributed by atoms with Crippen LogP contribution in [-0.4, -0.2) is 33.7 Å². The van der Waals surface area contributed by atoms with Crippen LogP contribution in [0.25, 0.3) is 21.9 Å². The summed E-state index contributed by atoms with van der Waals surface area (Å²) in [5.74, 6) is 1.18. The zero-order valence-corrected chi connectivity index (χ0v) is 17.4. The van der Waals surface area contributed by atoms with E-state index in [9.17, 15) is 4.79 Å². The molecule has 2 heterocycles. The van der Waals surface area contributed by atoms with Gasteiger partial charge in [0, 0.05) is 24.9 Å². The normalized spacial score (nSPS) is 11.4. The molecule has 3 rings (SSSR count). The molecule has 0 fully saturated rings. The molecule has 0 saturated heterocycles. The number of aromatic nitrogens is 3. The summed E-state index contributed by atoms with van der Waals surface area (Å²) in [6.45, 7) is 5.90. The number of hydrogen-bond donors (Lipinski definition) is 2. The van der Waals surface area contributed by atoms with E-state index in [2.05, 4.69) is 23.4 Å². The van der Waals surface area contributed by atoms with Crippen molar-refractivity contribution >= 4 is 33.7 Å². The highest BCUT2D eigenvalue weighted by Crippen LogP contribution is 2.30. The lowest BCUT2D eigenvalue weighted by molar-refractivity contribution is -0.142. The summed E-state index contributed by atoms with van der Waals surface area (Å²) in [5.41, 5.74) is 15.4. The Kier molecular flexibility index (Phi) is 7.04. The van der Waals surface area contributed by atoms with Gasteiger partial charge in [-0.05, 0) is 24.5 Å². The predicted molar refractivity (Wildman–Crippen MR) is 117 cm³/mol. The largest absolute Gasteiger partial charge is 0.465 e. The highest BCUT2D eigenvalue weighted by atomic mass is 16.5. The van der Waals surface area contributed by atoms with Crippen LogP contribution in [-0.2, 0) is 28.9 Å². The number of unbranched alkanes of at least 4 members (excludes halogenated alkanes) is 2. The van der Waals surface area contributed by atoms with Gasteiger partial charge in [0.1, 0.15) is 11.3 Å². The molecule has 0 amide bonds. The number of imidazole rings is 1. The molecular formula is C22H31N5O2. The number of benzene rings is 1. The standard InChI is InChI=1S/C22H31N5O2/c1-3-5-7-18-26-20-21(27(18)11-10-23)16-9-8-15(13-17(16)25-22(20)24)14-19(28)29-12-6-4-2/h8-9,13H,3-7,10-12,14,23H2,1-2H3,(H2,24,25). The van der Waals surface area contributed by atoms with Crippen LogP contribution >= 0.6 is 0 Å². The average Bonchev–Trinajstić information content (AvgIpc) is 3.06. The predicted octanol–water partition coefficient (Wildman–Crippen LogP) is 3.35. The third-order valence-electron chi connectivity index (χ3n) is 5.06. The van der Waals surface area contributed by atoms with Gasteiger partial charge in [-0.3, -0.25) is 4.79 Å². The third-order valence-corrected chi connectivity index (χ3v) is 5.06. The lowest BCUT2D eigenvalue weighted by atomic mass is 10.1. The molecule has 0 saturated carbocycles. The number of aryl methyl sites for hydroxylation is 1. The van der Waals surface area contributed by atoms with E-state index < -0.39 is 0 Å². The number of hydrogen-bond acceptors (Lipinski definition) is 6. The van der Waals surface area contributed by atoms with Crippen LogP contribution in [0.5, 0.6) is 0 Å². The lowest BCUT2D eigenvalue weighted by Crippen LogP contribution is -2.13. The first-order valence-electron chi connectivity index (χ1n) is 10.5. The van der Waals surface area contributed by atoms with Gasteiger partial charge in [0.05, 0.1) is 24.1 Å². The fourth-order valence-corrected chi connectivity index (χ4v) is 3.56. The van der Waals surface area contributed by atoms with Crippen molar-refractivity contribution in [3.8, 4) is 0 Å². The first-order chi connectivity index (χ1) is 14.1. The highest BCUT2D eigenvalue weighted by molar-refractivity contribution is 6.06. The van der Waals surface area contributed by atoms with Crippen molar-refractivity contribution in [1.29, 1.82) is 0 Å². The quantitative estimate of drug-likeness (QED) is 0.401. The maximum absolute atomic E-state index is 12.1. The number of nitrogens with zero attached hydrogens (tertiary/aromatic N) is 3. The molecular weight excluding hydrogens is 366 g/mol. The van der Waals surface area contributed by atoms with Crippen LogP contribution in [0.1, 0.15) is 50.9 Å². The number of fused-ring (bicyclic) bond motifs is 3. The first-order valence-corrected chi connectivity index (χ1v) is 10.5. The monoisotopic (exact) mass is 397 g/mol. The third kappa shape index (κ3) is 4.67. The van der Waals surface area contributed by atoms with Crippen LogP contribution in [0.15, 0.2) is 18.2 Å². The number of rotatable bonds is 10. The Bertz CT molecular complexity index is 996. The Morgan fingerprint density at radius 1 is 1.17 bits per heavy atom. The topological polar surface area (TPSA) is 109 Å². The van der Waals surface area contributed by atoms with Crippen molar-refractivity contribution in [3.05, 3.63) is 29.6 Å². The van der Waals surface area contributed by atoms with Crippen molar-refractivity contribution in [3.63, 3.8) is 0 Å². The number of nitrogens with two attached hydrogens (primary N) is 2. The molecule has 0 unspecified atom stereocenters. The second-order valence-electron chi connectivity index (χ2n) is 7.37. The molecule has 0 radical (unpaired) electrons. The van der Waals surface area contributed by atoms with Gasteiger partial charge in [0.15, 0.2) is 5.82 Å². The van der Waals surface area contributed by atoms with Gasteiger partial charge >= 0.3 is 5.97 Å². The second kappa shape index (κ2) is 9.69. The van der Waals surface area contributed by atoms with Gasteiger partial charge in [0.2, 0.25) is 0 Å². The molecule has 0 bridgehead atoms. The Morgan fingerprint density at radius 3 is 2.69 bits per heavy atom. The zero-order chi connectivity index (χ0) is 20.8. The van der Waals surface area contributed by atoms with Crippen molar-refractivity contribution in [2.45, 2.75) is 58.9 Å². The average molecular weight is 398 g/mol. The summed E-state index contributed by atoms with van der Waals surface area (Å²) in [6.07, 6.45) is 5.14. The Morgan fingerprint density at radius 2 is 1.97 bits per heavy atom. The van der Waals surface area contributed by atoms with Crippen LogP contribution in [0.3, 0.4) is 0 Å². The summed E-state index contributed by atoms with van der Waals surface area (Å²) >= 11 is 0. The van der Waals surface area contributed by atoms with Crippen molar-refractivity contribution in [2.24, 2.45) is 5.73 Å². The number of anilines is 1. The van der Waals surface area contributed by atoms with E-state index >= 15 is 0 Å². The van der Waals surface area contributed by atoms with Crippen molar-refractivity contribution < 1.29 is 9.53 Å². The SMILES string of the molecule is CCCCOC(=O)Cc1ccc2c(c1)nc(N)c1nc(CCCC)n(CCN)c12. The minimum absolute atomic E-state index is 0.220. The Labute approximate surface area is 171 Å². The number of carbonyl (C=O) groups is 1. The van der Waals surface area contributed by atoms with E-state index in [1.54, 1.807) is 0 Å². The molecule has 4 N–H and O–H groups in total.